The predicted octanol–water partition coefficient (Wildman–Crippen LogP) is 0.671. The molecule has 0 heterocycles. The molecule has 0 aromatic heterocycles. The molecule has 0 spiro atoms. The third-order valence-corrected chi connectivity index (χ3v) is 3.25. The molecule has 1 aromatic rings. The molecule has 108 valence electrons. The molecular formula is C13H20FNO3S. The van der Waals surface area contributed by atoms with Crippen molar-refractivity contribution in [2.45, 2.75) is 12.7 Å². The maximum Gasteiger partial charge on any atom is 0.128 e. The van der Waals surface area contributed by atoms with E-state index in [-0.39, 0.29) is 19.0 Å². The minimum absolute atomic E-state index is 0.135. The molecule has 2 N–H and O–H groups in total. The average molecular weight is 289 g/mol. The number of halogens is 1. The first-order valence-corrected chi connectivity index (χ1v) is 7.82. The molecule has 2 unspecified atom stereocenters. The van der Waals surface area contributed by atoms with E-state index in [1.54, 1.807) is 24.5 Å². The number of ether oxygens (including phenoxy) is 1. The van der Waals surface area contributed by atoms with Crippen LogP contribution in [-0.4, -0.2) is 47.1 Å². The van der Waals surface area contributed by atoms with Crippen LogP contribution in [0.2, 0.25) is 0 Å². The second-order valence-corrected chi connectivity index (χ2v) is 5.80. The lowest BCUT2D eigenvalue weighted by Gasteiger charge is -2.12. The van der Waals surface area contributed by atoms with Gasteiger partial charge in [-0.1, -0.05) is 18.2 Å². The summed E-state index contributed by atoms with van der Waals surface area (Å²) >= 11 is 0. The Hall–Kier alpha value is -0.820. The van der Waals surface area contributed by atoms with E-state index in [0.717, 1.165) is 0 Å². The Kier molecular flexibility index (Phi) is 7.81. The maximum absolute atomic E-state index is 13.3. The number of benzene rings is 1. The van der Waals surface area contributed by atoms with Crippen LogP contribution in [0.1, 0.15) is 5.56 Å². The Morgan fingerprint density at radius 1 is 1.47 bits per heavy atom. The summed E-state index contributed by atoms with van der Waals surface area (Å²) in [4.78, 5) is 0. The highest BCUT2D eigenvalue weighted by Crippen LogP contribution is 2.07. The van der Waals surface area contributed by atoms with Crippen LogP contribution in [-0.2, 0) is 22.1 Å². The zero-order chi connectivity index (χ0) is 14.1. The Balaban J connectivity index is 2.12. The van der Waals surface area contributed by atoms with Gasteiger partial charge in [-0.2, -0.15) is 0 Å². The lowest BCUT2D eigenvalue weighted by molar-refractivity contribution is 0.0282. The molecule has 0 fully saturated rings. The van der Waals surface area contributed by atoms with Gasteiger partial charge in [0, 0.05) is 41.5 Å². The Labute approximate surface area is 115 Å². The van der Waals surface area contributed by atoms with Gasteiger partial charge in [0.05, 0.1) is 19.3 Å². The minimum Gasteiger partial charge on any atom is -0.389 e. The highest BCUT2D eigenvalue weighted by molar-refractivity contribution is 7.84. The molecule has 2 atom stereocenters. The number of hydrogen-bond donors (Lipinski definition) is 2. The van der Waals surface area contributed by atoms with Gasteiger partial charge in [-0.15, -0.1) is 0 Å². The second-order valence-electron chi connectivity index (χ2n) is 4.24. The van der Waals surface area contributed by atoms with Crippen molar-refractivity contribution in [3.05, 3.63) is 35.6 Å². The zero-order valence-electron chi connectivity index (χ0n) is 11.0. The molecule has 0 saturated carbocycles. The number of aliphatic hydroxyl groups is 1. The first kappa shape index (κ1) is 16.2. The van der Waals surface area contributed by atoms with Gasteiger partial charge < -0.3 is 15.2 Å². The first-order valence-electron chi connectivity index (χ1n) is 6.09. The fourth-order valence-corrected chi connectivity index (χ4v) is 1.90. The summed E-state index contributed by atoms with van der Waals surface area (Å²) in [6.45, 7) is 1.24. The van der Waals surface area contributed by atoms with E-state index in [1.165, 1.54) is 6.07 Å². The molecule has 0 amide bonds. The maximum atomic E-state index is 13.3. The fraction of sp³-hybridized carbons (Fsp3) is 0.538. The molecule has 0 aliphatic heterocycles. The lowest BCUT2D eigenvalue weighted by atomic mass is 10.2. The zero-order valence-corrected chi connectivity index (χ0v) is 11.8. The van der Waals surface area contributed by atoms with Crippen molar-refractivity contribution in [2.75, 3.05) is 31.7 Å². The van der Waals surface area contributed by atoms with E-state index in [4.69, 9.17) is 4.74 Å². The van der Waals surface area contributed by atoms with Crippen molar-refractivity contribution in [1.82, 2.24) is 5.32 Å². The summed E-state index contributed by atoms with van der Waals surface area (Å²) in [6, 6.07) is 6.39. The smallest absolute Gasteiger partial charge is 0.128 e. The molecule has 0 saturated heterocycles. The summed E-state index contributed by atoms with van der Waals surface area (Å²) in [5, 5.41) is 12.6. The van der Waals surface area contributed by atoms with Gasteiger partial charge in [0.1, 0.15) is 5.82 Å². The molecule has 1 aromatic carbocycles. The quantitative estimate of drug-likeness (QED) is 0.656. The van der Waals surface area contributed by atoms with Crippen LogP contribution in [0.15, 0.2) is 24.3 Å². The largest absolute Gasteiger partial charge is 0.389 e. The number of nitrogens with one attached hydrogen (secondary N) is 1. The van der Waals surface area contributed by atoms with Crippen molar-refractivity contribution in [1.29, 1.82) is 0 Å². The molecule has 0 aliphatic carbocycles. The number of hydrogen-bond acceptors (Lipinski definition) is 4. The third kappa shape index (κ3) is 7.37. The topological polar surface area (TPSA) is 58.6 Å². The van der Waals surface area contributed by atoms with Crippen molar-refractivity contribution in [3.63, 3.8) is 0 Å². The van der Waals surface area contributed by atoms with Crippen LogP contribution in [0.25, 0.3) is 0 Å². The Morgan fingerprint density at radius 3 is 2.89 bits per heavy atom. The molecule has 0 bridgehead atoms. The van der Waals surface area contributed by atoms with Gasteiger partial charge >= 0.3 is 0 Å². The molecule has 0 aliphatic rings. The van der Waals surface area contributed by atoms with Crippen LogP contribution < -0.4 is 5.32 Å². The standard InChI is InChI=1S/C13H20FNO3S/c1-19(17)7-6-15-8-12(16)10-18-9-11-4-2-3-5-13(11)14/h2-5,12,15-16H,6-10H2,1H3. The van der Waals surface area contributed by atoms with Crippen molar-refractivity contribution in [3.8, 4) is 0 Å². The minimum atomic E-state index is -0.830. The van der Waals surface area contributed by atoms with E-state index in [2.05, 4.69) is 5.32 Å². The first-order chi connectivity index (χ1) is 9.09. The van der Waals surface area contributed by atoms with Gasteiger partial charge in [-0.25, -0.2) is 4.39 Å². The Bertz CT molecular complexity index is 403. The fourth-order valence-electron chi connectivity index (χ4n) is 1.46. The van der Waals surface area contributed by atoms with Gasteiger partial charge in [-0.05, 0) is 6.07 Å². The average Bonchev–Trinajstić information content (AvgIpc) is 2.37. The molecule has 0 radical (unpaired) electrons. The summed E-state index contributed by atoms with van der Waals surface area (Å²) in [5.74, 6) is 0.253. The molecule has 4 nitrogen and oxygen atoms in total. The summed E-state index contributed by atoms with van der Waals surface area (Å²) in [6.07, 6.45) is 0.979. The molecular weight excluding hydrogens is 269 g/mol. The summed E-state index contributed by atoms with van der Waals surface area (Å²) < 4.78 is 29.3. The van der Waals surface area contributed by atoms with Crippen LogP contribution in [0.4, 0.5) is 4.39 Å². The van der Waals surface area contributed by atoms with Crippen molar-refractivity contribution >= 4 is 10.8 Å². The number of aliphatic hydroxyl groups excluding tert-OH is 1. The van der Waals surface area contributed by atoms with Gasteiger partial charge in [0.25, 0.3) is 0 Å². The monoisotopic (exact) mass is 289 g/mol. The second kappa shape index (κ2) is 9.14. The predicted molar refractivity (Wildman–Crippen MR) is 73.9 cm³/mol. The molecule has 6 heteroatoms. The highest BCUT2D eigenvalue weighted by atomic mass is 32.2. The number of rotatable bonds is 9. The van der Waals surface area contributed by atoms with E-state index in [0.29, 0.717) is 24.4 Å². The van der Waals surface area contributed by atoms with Crippen LogP contribution in [0, 0.1) is 5.82 Å². The van der Waals surface area contributed by atoms with E-state index >= 15 is 0 Å². The third-order valence-electron chi connectivity index (χ3n) is 2.47. The molecule has 19 heavy (non-hydrogen) atoms. The normalized spacial score (nSPS) is 14.3. The van der Waals surface area contributed by atoms with Crippen molar-refractivity contribution < 1.29 is 18.4 Å². The summed E-state index contributed by atoms with van der Waals surface area (Å²) in [5.41, 5.74) is 0.476. The molecule has 1 rings (SSSR count). The van der Waals surface area contributed by atoms with Crippen molar-refractivity contribution in [2.24, 2.45) is 0 Å². The van der Waals surface area contributed by atoms with Gasteiger partial charge in [0.15, 0.2) is 0 Å². The Morgan fingerprint density at radius 2 is 2.21 bits per heavy atom. The van der Waals surface area contributed by atoms with E-state index < -0.39 is 16.9 Å². The van der Waals surface area contributed by atoms with Gasteiger partial charge in [-0.3, -0.25) is 4.21 Å². The van der Waals surface area contributed by atoms with Crippen LogP contribution in [0.5, 0.6) is 0 Å². The van der Waals surface area contributed by atoms with E-state index in [9.17, 15) is 13.7 Å². The van der Waals surface area contributed by atoms with E-state index in [1.807, 2.05) is 0 Å². The SMILES string of the molecule is CS(=O)CCNCC(O)COCc1ccccc1F. The van der Waals surface area contributed by atoms with Crippen LogP contribution >= 0.6 is 0 Å². The lowest BCUT2D eigenvalue weighted by Crippen LogP contribution is -2.32. The van der Waals surface area contributed by atoms with Crippen LogP contribution in [0.3, 0.4) is 0 Å². The highest BCUT2D eigenvalue weighted by Gasteiger charge is 2.05. The summed E-state index contributed by atoms with van der Waals surface area (Å²) in [7, 11) is -0.830. The van der Waals surface area contributed by atoms with Gasteiger partial charge in [0.2, 0.25) is 0 Å².